The van der Waals surface area contributed by atoms with Crippen molar-refractivity contribution in [3.8, 4) is 0 Å². The summed E-state index contributed by atoms with van der Waals surface area (Å²) >= 11 is 5.49. The van der Waals surface area contributed by atoms with Crippen molar-refractivity contribution in [1.82, 2.24) is 0 Å². The zero-order valence-corrected chi connectivity index (χ0v) is 11.0. The van der Waals surface area contributed by atoms with Crippen LogP contribution in [0, 0.1) is 0 Å². The highest BCUT2D eigenvalue weighted by Crippen LogP contribution is 2.15. The minimum absolute atomic E-state index is 0.00162. The van der Waals surface area contributed by atoms with Gasteiger partial charge < -0.3 is 4.74 Å². The summed E-state index contributed by atoms with van der Waals surface area (Å²) in [5.41, 5.74) is -0.642. The van der Waals surface area contributed by atoms with Gasteiger partial charge in [-0.3, -0.25) is 0 Å². The van der Waals surface area contributed by atoms with E-state index in [1.54, 1.807) is 27.7 Å². The Labute approximate surface area is 100 Å². The summed E-state index contributed by atoms with van der Waals surface area (Å²) in [6.45, 7) is 8.22. The van der Waals surface area contributed by atoms with Crippen molar-refractivity contribution in [2.24, 2.45) is 4.99 Å². The molecule has 0 N–H and O–H groups in total. The molecule has 0 bridgehead atoms. The molecule has 16 heavy (non-hydrogen) atoms. The second kappa shape index (κ2) is 5.99. The molecule has 0 saturated carbocycles. The van der Waals surface area contributed by atoms with E-state index in [0.29, 0.717) is 0 Å². The Hall–Kier alpha value is -0.900. The highest BCUT2D eigenvalue weighted by molar-refractivity contribution is 6.31. The van der Waals surface area contributed by atoms with Crippen LogP contribution in [0.2, 0.25) is 0 Å². The molecular formula is C11H17ClFNO2. The van der Waals surface area contributed by atoms with Gasteiger partial charge in [0.1, 0.15) is 5.60 Å². The number of carbonyl (C=O) groups excluding carboxylic acids is 1. The van der Waals surface area contributed by atoms with E-state index >= 15 is 0 Å². The molecule has 0 saturated heterocycles. The molecule has 0 radical (unpaired) electrons. The molecule has 0 heterocycles. The standard InChI is InChI=1S/C11H17ClFNO2/c1-6-8(9(13)7(2)12)14-10(15)16-11(3,4)5/h6H2,1-5H3/b9-7-,14-8?. The van der Waals surface area contributed by atoms with Crippen molar-refractivity contribution in [3.05, 3.63) is 10.9 Å². The van der Waals surface area contributed by atoms with E-state index in [1.807, 2.05) is 0 Å². The number of hydrogen-bond acceptors (Lipinski definition) is 2. The van der Waals surface area contributed by atoms with Crippen molar-refractivity contribution in [3.63, 3.8) is 0 Å². The summed E-state index contributed by atoms with van der Waals surface area (Å²) in [5, 5.41) is -0.0239. The number of halogens is 2. The third kappa shape index (κ3) is 5.85. The van der Waals surface area contributed by atoms with Crippen LogP contribution < -0.4 is 0 Å². The van der Waals surface area contributed by atoms with Crippen LogP contribution in [0.25, 0.3) is 0 Å². The molecule has 92 valence electrons. The monoisotopic (exact) mass is 249 g/mol. The molecule has 0 fully saturated rings. The summed E-state index contributed by atoms with van der Waals surface area (Å²) in [5.74, 6) is -0.671. The lowest BCUT2D eigenvalue weighted by Gasteiger charge is -2.17. The Bertz CT molecular complexity index is 325. The maximum atomic E-state index is 13.4. The molecule has 5 heteroatoms. The van der Waals surface area contributed by atoms with Gasteiger partial charge in [0.15, 0.2) is 5.83 Å². The van der Waals surface area contributed by atoms with E-state index in [1.165, 1.54) is 6.92 Å². The van der Waals surface area contributed by atoms with Gasteiger partial charge in [-0.05, 0) is 34.1 Å². The van der Waals surface area contributed by atoms with Gasteiger partial charge in [-0.25, -0.2) is 9.18 Å². The summed E-state index contributed by atoms with van der Waals surface area (Å²) in [6.07, 6.45) is -0.535. The Kier molecular flexibility index (Phi) is 5.65. The molecule has 0 aliphatic heterocycles. The van der Waals surface area contributed by atoms with Crippen LogP contribution in [0.3, 0.4) is 0 Å². The fraction of sp³-hybridized carbons (Fsp3) is 0.636. The third-order valence-electron chi connectivity index (χ3n) is 1.51. The minimum atomic E-state index is -0.808. The number of allylic oxidation sites excluding steroid dienone is 2. The van der Waals surface area contributed by atoms with Crippen LogP contribution in [-0.2, 0) is 4.74 Å². The van der Waals surface area contributed by atoms with Gasteiger partial charge in [-0.1, -0.05) is 18.5 Å². The number of rotatable bonds is 2. The Morgan fingerprint density at radius 3 is 2.25 bits per heavy atom. The van der Waals surface area contributed by atoms with Crippen LogP contribution in [0.4, 0.5) is 9.18 Å². The zero-order chi connectivity index (χ0) is 12.9. The highest BCUT2D eigenvalue weighted by atomic mass is 35.5. The van der Waals surface area contributed by atoms with Crippen molar-refractivity contribution in [1.29, 1.82) is 0 Å². The van der Waals surface area contributed by atoms with Gasteiger partial charge in [-0.2, -0.15) is 4.99 Å². The number of carbonyl (C=O) groups is 1. The van der Waals surface area contributed by atoms with Gasteiger partial charge in [0.2, 0.25) is 0 Å². The van der Waals surface area contributed by atoms with Gasteiger partial charge in [0, 0.05) is 0 Å². The van der Waals surface area contributed by atoms with E-state index in [9.17, 15) is 9.18 Å². The van der Waals surface area contributed by atoms with Gasteiger partial charge in [0.25, 0.3) is 0 Å². The minimum Gasteiger partial charge on any atom is -0.442 e. The van der Waals surface area contributed by atoms with Gasteiger partial charge in [-0.15, -0.1) is 0 Å². The molecule has 1 amide bonds. The summed E-state index contributed by atoms with van der Waals surface area (Å²) in [4.78, 5) is 14.9. The number of ether oxygens (including phenoxy) is 1. The Morgan fingerprint density at radius 1 is 1.44 bits per heavy atom. The molecule has 0 spiro atoms. The van der Waals surface area contributed by atoms with Gasteiger partial charge in [0.05, 0.1) is 10.7 Å². The maximum absolute atomic E-state index is 13.4. The predicted molar refractivity (Wildman–Crippen MR) is 63.6 cm³/mol. The summed E-state index contributed by atoms with van der Waals surface area (Å²) in [7, 11) is 0. The normalized spacial score (nSPS) is 14.6. The number of nitrogens with zero attached hydrogens (tertiary/aromatic N) is 1. The molecule has 0 aliphatic rings. The lowest BCUT2D eigenvalue weighted by molar-refractivity contribution is 0.0604. The molecule has 0 atom stereocenters. The van der Waals surface area contributed by atoms with Gasteiger partial charge >= 0.3 is 6.09 Å². The fourth-order valence-corrected chi connectivity index (χ4v) is 0.986. The fourth-order valence-electron chi connectivity index (χ4n) is 0.877. The first-order chi connectivity index (χ1) is 7.17. The van der Waals surface area contributed by atoms with Crippen molar-refractivity contribution >= 4 is 23.4 Å². The first-order valence-electron chi connectivity index (χ1n) is 5.00. The molecule has 0 rings (SSSR count). The van der Waals surface area contributed by atoms with Crippen molar-refractivity contribution in [2.45, 2.75) is 46.6 Å². The summed E-state index contributed by atoms with van der Waals surface area (Å²) in [6, 6.07) is 0. The molecule has 0 aromatic rings. The third-order valence-corrected chi connectivity index (χ3v) is 1.68. The largest absolute Gasteiger partial charge is 0.442 e. The number of aliphatic imine (C=N–C) groups is 1. The van der Waals surface area contributed by atoms with E-state index < -0.39 is 17.5 Å². The predicted octanol–water partition coefficient (Wildman–Crippen LogP) is 4.21. The van der Waals surface area contributed by atoms with Crippen LogP contribution in [-0.4, -0.2) is 17.4 Å². The van der Waals surface area contributed by atoms with Crippen LogP contribution in [0.15, 0.2) is 15.9 Å². The molecule has 0 aliphatic carbocycles. The second-order valence-electron chi connectivity index (χ2n) is 4.24. The average Bonchev–Trinajstić information content (AvgIpc) is 2.09. The van der Waals surface area contributed by atoms with Crippen molar-refractivity contribution < 1.29 is 13.9 Å². The van der Waals surface area contributed by atoms with Crippen molar-refractivity contribution in [2.75, 3.05) is 0 Å². The van der Waals surface area contributed by atoms with E-state index in [0.717, 1.165) is 0 Å². The summed E-state index contributed by atoms with van der Waals surface area (Å²) < 4.78 is 18.3. The van der Waals surface area contributed by atoms with Crippen LogP contribution in [0.1, 0.15) is 41.0 Å². The zero-order valence-electron chi connectivity index (χ0n) is 10.2. The average molecular weight is 250 g/mol. The molecule has 0 aromatic carbocycles. The van der Waals surface area contributed by atoms with E-state index in [4.69, 9.17) is 16.3 Å². The smallest absolute Gasteiger partial charge is 0.434 e. The van der Waals surface area contributed by atoms with E-state index in [-0.39, 0.29) is 17.2 Å². The lowest BCUT2D eigenvalue weighted by Crippen LogP contribution is -2.22. The highest BCUT2D eigenvalue weighted by Gasteiger charge is 2.17. The van der Waals surface area contributed by atoms with E-state index in [2.05, 4.69) is 4.99 Å². The second-order valence-corrected chi connectivity index (χ2v) is 4.81. The maximum Gasteiger partial charge on any atom is 0.434 e. The van der Waals surface area contributed by atoms with Crippen LogP contribution in [0.5, 0.6) is 0 Å². The quantitative estimate of drug-likeness (QED) is 0.688. The van der Waals surface area contributed by atoms with Crippen LogP contribution >= 0.6 is 11.6 Å². The SMILES string of the molecule is CCC(=NC(=O)OC(C)(C)C)/C(F)=C(\C)Cl. The number of amides is 1. The first kappa shape index (κ1) is 15.1. The first-order valence-corrected chi connectivity index (χ1v) is 5.38. The molecule has 0 unspecified atom stereocenters. The number of hydrogen-bond donors (Lipinski definition) is 0. The molecular weight excluding hydrogens is 233 g/mol. The topological polar surface area (TPSA) is 38.7 Å². The Morgan fingerprint density at radius 2 is 1.94 bits per heavy atom. The lowest BCUT2D eigenvalue weighted by atomic mass is 10.2. The molecule has 3 nitrogen and oxygen atoms in total. The molecule has 0 aromatic heterocycles. The Balaban J connectivity index is 4.86.